The van der Waals surface area contributed by atoms with Gasteiger partial charge in [0.2, 0.25) is 0 Å². The molecule has 3 heteroatoms. The molecule has 3 heterocycles. The average molecular weight is 422 g/mol. The van der Waals surface area contributed by atoms with Crippen molar-refractivity contribution in [3.8, 4) is 11.3 Å². The number of rotatable bonds is 1. The van der Waals surface area contributed by atoms with Gasteiger partial charge >= 0.3 is 0 Å². The van der Waals surface area contributed by atoms with Gasteiger partial charge in [0, 0.05) is 37.3 Å². The molecule has 0 saturated heterocycles. The Balaban J connectivity index is 1.76. The summed E-state index contributed by atoms with van der Waals surface area (Å²) in [7, 11) is 0. The number of furan rings is 1. The number of hydrogen-bond donors (Lipinski definition) is 0. The maximum absolute atomic E-state index is 6.05. The lowest BCUT2D eigenvalue weighted by atomic mass is 9.82. The van der Waals surface area contributed by atoms with Crippen LogP contribution < -0.4 is 0 Å². The Bertz CT molecular complexity index is 1630. The minimum atomic E-state index is 0.0333. The monoisotopic (exact) mass is 421 g/mol. The molecule has 0 aliphatic rings. The Kier molecular flexibility index (Phi) is 3.85. The van der Waals surface area contributed by atoms with Crippen LogP contribution in [0.15, 0.2) is 71.5 Å². The zero-order chi connectivity index (χ0) is 21.3. The molecule has 0 fully saturated rings. The van der Waals surface area contributed by atoms with Gasteiger partial charge in [-0.05, 0) is 64.6 Å². The topological polar surface area (TPSA) is 26.0 Å². The van der Waals surface area contributed by atoms with Crippen LogP contribution in [0.4, 0.5) is 0 Å². The van der Waals surface area contributed by atoms with Crippen LogP contribution in [-0.4, -0.2) is 4.98 Å². The largest absolute Gasteiger partial charge is 0.463 e. The van der Waals surface area contributed by atoms with Crippen molar-refractivity contribution in [3.63, 3.8) is 0 Å². The van der Waals surface area contributed by atoms with Gasteiger partial charge in [-0.2, -0.15) is 0 Å². The van der Waals surface area contributed by atoms with Crippen molar-refractivity contribution in [2.24, 2.45) is 0 Å². The normalized spacial score (nSPS) is 12.5. The summed E-state index contributed by atoms with van der Waals surface area (Å²) in [6.07, 6.45) is 3.79. The number of benzene rings is 3. The fraction of sp³-hybridized carbons (Fsp3) is 0.179. The van der Waals surface area contributed by atoms with Gasteiger partial charge in [0.15, 0.2) is 0 Å². The van der Waals surface area contributed by atoms with Crippen LogP contribution in [0.3, 0.4) is 0 Å². The minimum Gasteiger partial charge on any atom is -0.463 e. The van der Waals surface area contributed by atoms with Crippen molar-refractivity contribution in [2.75, 3.05) is 0 Å². The van der Waals surface area contributed by atoms with E-state index >= 15 is 0 Å². The van der Waals surface area contributed by atoms with E-state index in [0.29, 0.717) is 0 Å². The molecule has 0 N–H and O–H groups in total. The second kappa shape index (κ2) is 6.41. The molecule has 6 aromatic rings. The summed E-state index contributed by atoms with van der Waals surface area (Å²) in [5, 5.41) is 6.11. The highest BCUT2D eigenvalue weighted by atomic mass is 32.1. The van der Waals surface area contributed by atoms with Crippen LogP contribution in [0.1, 0.15) is 31.9 Å². The summed E-state index contributed by atoms with van der Waals surface area (Å²) >= 11 is 1.81. The van der Waals surface area contributed by atoms with Gasteiger partial charge in [-0.15, -0.1) is 11.3 Å². The lowest BCUT2D eigenvalue weighted by Crippen LogP contribution is -2.12. The van der Waals surface area contributed by atoms with Crippen molar-refractivity contribution in [3.05, 3.63) is 78.2 Å². The van der Waals surface area contributed by atoms with Gasteiger partial charge in [0.05, 0.1) is 12.0 Å². The molecule has 0 spiro atoms. The average Bonchev–Trinajstić information content (AvgIpc) is 3.32. The second-order valence-corrected chi connectivity index (χ2v) is 10.4. The third kappa shape index (κ3) is 2.73. The number of aryl methyl sites for hydroxylation is 1. The molecule has 152 valence electrons. The van der Waals surface area contributed by atoms with Crippen molar-refractivity contribution in [1.82, 2.24) is 4.98 Å². The van der Waals surface area contributed by atoms with Crippen molar-refractivity contribution in [1.29, 1.82) is 0 Å². The van der Waals surface area contributed by atoms with E-state index < -0.39 is 0 Å². The Morgan fingerprint density at radius 3 is 2.52 bits per heavy atom. The van der Waals surface area contributed by atoms with E-state index in [1.54, 1.807) is 0 Å². The highest BCUT2D eigenvalue weighted by Gasteiger charge is 2.21. The van der Waals surface area contributed by atoms with Crippen LogP contribution in [-0.2, 0) is 5.41 Å². The number of pyridine rings is 1. The molecule has 6 rings (SSSR count). The summed E-state index contributed by atoms with van der Waals surface area (Å²) in [5.74, 6) is 0. The zero-order valence-electron chi connectivity index (χ0n) is 18.1. The summed E-state index contributed by atoms with van der Waals surface area (Å²) < 4.78 is 8.53. The predicted octanol–water partition coefficient (Wildman–Crippen LogP) is 8.62. The molecule has 2 nitrogen and oxygen atoms in total. The number of fused-ring (bicyclic) bond motifs is 6. The van der Waals surface area contributed by atoms with E-state index in [1.807, 2.05) is 23.8 Å². The molecule has 0 saturated carbocycles. The van der Waals surface area contributed by atoms with Crippen LogP contribution in [0.25, 0.3) is 53.2 Å². The standard InChI is InChI=1S/C28H23NOS/c1-16-15-30-27-19(16)9-10-22-25(27)24-23(31-22)11-12-29-26(24)18-13-17-7-5-6-8-20(17)21(14-18)28(2,3)4/h5-15H,1-4H3. The minimum absolute atomic E-state index is 0.0333. The first-order valence-corrected chi connectivity index (χ1v) is 11.4. The van der Waals surface area contributed by atoms with E-state index in [0.717, 1.165) is 16.8 Å². The fourth-order valence-electron chi connectivity index (χ4n) is 4.71. The lowest BCUT2D eigenvalue weighted by Gasteiger charge is -2.23. The quantitative estimate of drug-likeness (QED) is 0.265. The van der Waals surface area contributed by atoms with E-state index in [2.05, 4.69) is 82.3 Å². The third-order valence-electron chi connectivity index (χ3n) is 6.22. The van der Waals surface area contributed by atoms with Crippen LogP contribution in [0.2, 0.25) is 0 Å². The highest BCUT2D eigenvalue weighted by molar-refractivity contribution is 7.26. The van der Waals surface area contributed by atoms with Crippen molar-refractivity contribution >= 4 is 53.3 Å². The molecule has 0 aliphatic heterocycles. The van der Waals surface area contributed by atoms with Gasteiger partial charge < -0.3 is 4.42 Å². The maximum atomic E-state index is 6.05. The summed E-state index contributed by atoms with van der Waals surface area (Å²) in [4.78, 5) is 4.91. The molecule has 0 unspecified atom stereocenters. The molecule has 0 amide bonds. The fourth-order valence-corrected chi connectivity index (χ4v) is 5.81. The molecule has 0 radical (unpaired) electrons. The first-order valence-electron chi connectivity index (χ1n) is 10.6. The number of aromatic nitrogens is 1. The van der Waals surface area contributed by atoms with Crippen LogP contribution >= 0.6 is 11.3 Å². The first-order chi connectivity index (χ1) is 14.9. The third-order valence-corrected chi connectivity index (χ3v) is 7.34. The highest BCUT2D eigenvalue weighted by Crippen LogP contribution is 2.44. The second-order valence-electron chi connectivity index (χ2n) is 9.36. The summed E-state index contributed by atoms with van der Waals surface area (Å²) in [6, 6.07) is 19.8. The molecule has 3 aromatic carbocycles. The molecule has 0 bridgehead atoms. The molecular weight excluding hydrogens is 398 g/mol. The van der Waals surface area contributed by atoms with Gasteiger partial charge in [-0.3, -0.25) is 4.98 Å². The molecule has 0 aliphatic carbocycles. The van der Waals surface area contributed by atoms with E-state index in [-0.39, 0.29) is 5.41 Å². The smallest absolute Gasteiger partial charge is 0.143 e. The van der Waals surface area contributed by atoms with Gasteiger partial charge in [0.1, 0.15) is 5.58 Å². The molecule has 0 atom stereocenters. The number of nitrogens with zero attached hydrogens (tertiary/aromatic N) is 1. The SMILES string of the molecule is Cc1coc2c1ccc1sc3ccnc(-c4cc(C(C)(C)C)c5ccccc5c4)c3c12. The van der Waals surface area contributed by atoms with E-state index in [4.69, 9.17) is 9.40 Å². The predicted molar refractivity (Wildman–Crippen MR) is 133 cm³/mol. The Morgan fingerprint density at radius 2 is 1.68 bits per heavy atom. The van der Waals surface area contributed by atoms with Crippen LogP contribution in [0, 0.1) is 6.92 Å². The van der Waals surface area contributed by atoms with Gasteiger partial charge in [-0.25, -0.2) is 0 Å². The number of hydrogen-bond acceptors (Lipinski definition) is 3. The Labute approximate surface area is 185 Å². The zero-order valence-corrected chi connectivity index (χ0v) is 18.9. The van der Waals surface area contributed by atoms with Gasteiger partial charge in [0.25, 0.3) is 0 Å². The Hall–Kier alpha value is -3.17. The van der Waals surface area contributed by atoms with Gasteiger partial charge in [-0.1, -0.05) is 45.0 Å². The lowest BCUT2D eigenvalue weighted by molar-refractivity contribution is 0.596. The summed E-state index contributed by atoms with van der Waals surface area (Å²) in [5.41, 5.74) is 5.70. The summed E-state index contributed by atoms with van der Waals surface area (Å²) in [6.45, 7) is 8.94. The van der Waals surface area contributed by atoms with Crippen molar-refractivity contribution in [2.45, 2.75) is 33.1 Å². The maximum Gasteiger partial charge on any atom is 0.143 e. The molecule has 3 aromatic heterocycles. The van der Waals surface area contributed by atoms with E-state index in [1.165, 1.54) is 47.5 Å². The Morgan fingerprint density at radius 1 is 0.871 bits per heavy atom. The molecule has 31 heavy (non-hydrogen) atoms. The van der Waals surface area contributed by atoms with E-state index in [9.17, 15) is 0 Å². The molecular formula is C28H23NOS. The number of thiophene rings is 1. The van der Waals surface area contributed by atoms with Crippen LogP contribution in [0.5, 0.6) is 0 Å². The first kappa shape index (κ1) is 18.6. The van der Waals surface area contributed by atoms with Crippen molar-refractivity contribution < 1.29 is 4.42 Å².